The molecule has 1 saturated heterocycles. The lowest BCUT2D eigenvalue weighted by Gasteiger charge is -2.21. The van der Waals surface area contributed by atoms with Gasteiger partial charge < -0.3 is 10.6 Å². The lowest BCUT2D eigenvalue weighted by molar-refractivity contribution is -0.131. The second-order valence-corrected chi connectivity index (χ2v) is 5.39. The van der Waals surface area contributed by atoms with Crippen molar-refractivity contribution in [1.82, 2.24) is 9.80 Å². The summed E-state index contributed by atoms with van der Waals surface area (Å²) in [6.07, 6.45) is 2.17. The van der Waals surface area contributed by atoms with Gasteiger partial charge in [0, 0.05) is 31.7 Å². The van der Waals surface area contributed by atoms with E-state index >= 15 is 0 Å². The van der Waals surface area contributed by atoms with Gasteiger partial charge in [-0.3, -0.25) is 9.69 Å². The fourth-order valence-corrected chi connectivity index (χ4v) is 2.52. The van der Waals surface area contributed by atoms with Gasteiger partial charge in [-0.05, 0) is 31.5 Å². The largest absolute Gasteiger partial charge is 0.342 e. The molecule has 1 aliphatic rings. The molecule has 1 amide bonds. The number of amides is 1. The number of carbonyl (C=O) groups is 1. The van der Waals surface area contributed by atoms with Crippen molar-refractivity contribution >= 4 is 5.91 Å². The summed E-state index contributed by atoms with van der Waals surface area (Å²) < 4.78 is 13.7. The molecule has 1 aromatic rings. The first-order valence-corrected chi connectivity index (χ1v) is 7.04. The van der Waals surface area contributed by atoms with Crippen LogP contribution in [0.2, 0.25) is 0 Å². The third-order valence-corrected chi connectivity index (χ3v) is 3.65. The molecule has 1 aromatic carbocycles. The summed E-state index contributed by atoms with van der Waals surface area (Å²) >= 11 is 0. The maximum atomic E-state index is 13.7. The number of halogens is 1. The first kappa shape index (κ1) is 14.9. The van der Waals surface area contributed by atoms with E-state index in [1.165, 1.54) is 6.07 Å². The Morgan fingerprint density at radius 2 is 2.10 bits per heavy atom. The third kappa shape index (κ3) is 3.77. The maximum Gasteiger partial charge on any atom is 0.236 e. The Morgan fingerprint density at radius 1 is 1.40 bits per heavy atom. The van der Waals surface area contributed by atoms with Crippen LogP contribution in [0, 0.1) is 5.82 Å². The zero-order chi connectivity index (χ0) is 14.5. The monoisotopic (exact) mass is 279 g/mol. The fourth-order valence-electron chi connectivity index (χ4n) is 2.52. The van der Waals surface area contributed by atoms with Crippen molar-refractivity contribution in [2.45, 2.75) is 25.9 Å². The first-order valence-electron chi connectivity index (χ1n) is 7.04. The number of hydrogen-bond acceptors (Lipinski definition) is 3. The summed E-state index contributed by atoms with van der Waals surface area (Å²) in [6.45, 7) is 2.84. The van der Waals surface area contributed by atoms with Crippen LogP contribution >= 0.6 is 0 Å². The molecule has 0 saturated carbocycles. The number of likely N-dealkylation sites (N-methyl/N-ethyl adjacent to an activating group) is 1. The molecule has 0 aliphatic carbocycles. The predicted octanol–water partition coefficient (Wildman–Crippen LogP) is 1.34. The van der Waals surface area contributed by atoms with Crippen molar-refractivity contribution in [2.75, 3.05) is 26.7 Å². The lowest BCUT2D eigenvalue weighted by atomic mass is 10.1. The van der Waals surface area contributed by atoms with E-state index in [9.17, 15) is 9.18 Å². The molecule has 1 heterocycles. The van der Waals surface area contributed by atoms with Gasteiger partial charge in [0.15, 0.2) is 0 Å². The molecule has 2 N–H and O–H groups in total. The van der Waals surface area contributed by atoms with Gasteiger partial charge in [-0.25, -0.2) is 4.39 Å². The Labute approximate surface area is 119 Å². The lowest BCUT2D eigenvalue weighted by Crippen LogP contribution is -2.37. The topological polar surface area (TPSA) is 49.6 Å². The first-order chi connectivity index (χ1) is 9.60. The summed E-state index contributed by atoms with van der Waals surface area (Å²) in [5.74, 6) is -0.122. The van der Waals surface area contributed by atoms with Crippen LogP contribution in [-0.2, 0) is 17.9 Å². The van der Waals surface area contributed by atoms with Crippen molar-refractivity contribution in [3.8, 4) is 0 Å². The van der Waals surface area contributed by atoms with Gasteiger partial charge in [0.05, 0.1) is 6.54 Å². The minimum absolute atomic E-state index is 0.125. The number of nitrogens with zero attached hydrogens (tertiary/aromatic N) is 2. The van der Waals surface area contributed by atoms with Gasteiger partial charge >= 0.3 is 0 Å². The van der Waals surface area contributed by atoms with Crippen LogP contribution in [0.25, 0.3) is 0 Å². The Hall–Kier alpha value is -1.46. The fraction of sp³-hybridized carbons (Fsp3) is 0.533. The van der Waals surface area contributed by atoms with E-state index in [0.717, 1.165) is 31.5 Å². The van der Waals surface area contributed by atoms with Crippen molar-refractivity contribution in [2.24, 2.45) is 5.73 Å². The molecule has 0 atom stereocenters. The minimum atomic E-state index is -0.248. The molecule has 2 rings (SSSR count). The smallest absolute Gasteiger partial charge is 0.236 e. The average molecular weight is 279 g/mol. The summed E-state index contributed by atoms with van der Waals surface area (Å²) in [5.41, 5.74) is 7.06. The van der Waals surface area contributed by atoms with Crippen LogP contribution in [0.4, 0.5) is 4.39 Å². The van der Waals surface area contributed by atoms with Gasteiger partial charge in [0.25, 0.3) is 0 Å². The van der Waals surface area contributed by atoms with Crippen molar-refractivity contribution in [1.29, 1.82) is 0 Å². The van der Waals surface area contributed by atoms with Crippen LogP contribution in [0.3, 0.4) is 0 Å². The van der Waals surface area contributed by atoms with Crippen molar-refractivity contribution < 1.29 is 9.18 Å². The van der Waals surface area contributed by atoms with Crippen LogP contribution in [0.1, 0.15) is 24.0 Å². The highest BCUT2D eigenvalue weighted by molar-refractivity contribution is 5.78. The van der Waals surface area contributed by atoms with E-state index in [0.29, 0.717) is 25.2 Å². The molecule has 1 fully saturated rings. The second kappa shape index (κ2) is 6.81. The number of likely N-dealkylation sites (tertiary alicyclic amines) is 1. The average Bonchev–Trinajstić information content (AvgIpc) is 2.95. The van der Waals surface area contributed by atoms with Gasteiger partial charge in [-0.1, -0.05) is 12.1 Å². The number of nitrogens with two attached hydrogens (primary N) is 1. The Morgan fingerprint density at radius 3 is 2.75 bits per heavy atom. The Kier molecular flexibility index (Phi) is 5.09. The number of rotatable bonds is 5. The molecular formula is C15H22FN3O. The van der Waals surface area contributed by atoms with Crippen molar-refractivity contribution in [3.05, 3.63) is 35.1 Å². The molecule has 0 bridgehead atoms. The second-order valence-electron chi connectivity index (χ2n) is 5.39. The summed E-state index contributed by atoms with van der Waals surface area (Å²) in [7, 11) is 1.84. The van der Waals surface area contributed by atoms with Gasteiger partial charge in [-0.2, -0.15) is 0 Å². The van der Waals surface area contributed by atoms with E-state index < -0.39 is 0 Å². The molecular weight excluding hydrogens is 257 g/mol. The summed E-state index contributed by atoms with van der Waals surface area (Å²) in [4.78, 5) is 15.7. The van der Waals surface area contributed by atoms with E-state index in [1.807, 2.05) is 16.8 Å². The molecule has 110 valence electrons. The standard InChI is InChI=1S/C15H22FN3O/c1-18(11-15(20)19-6-2-3-7-19)10-13-8-12(9-17)4-5-14(13)16/h4-5,8H,2-3,6-7,9-11,17H2,1H3. The van der Waals surface area contributed by atoms with Crippen LogP contribution in [0.5, 0.6) is 0 Å². The molecule has 4 nitrogen and oxygen atoms in total. The van der Waals surface area contributed by atoms with Crippen LogP contribution in [-0.4, -0.2) is 42.4 Å². The maximum absolute atomic E-state index is 13.7. The zero-order valence-electron chi connectivity index (χ0n) is 11.9. The number of hydrogen-bond donors (Lipinski definition) is 1. The number of benzene rings is 1. The van der Waals surface area contributed by atoms with Gasteiger partial charge in [0.1, 0.15) is 5.82 Å². The van der Waals surface area contributed by atoms with Crippen molar-refractivity contribution in [3.63, 3.8) is 0 Å². The molecule has 20 heavy (non-hydrogen) atoms. The Balaban J connectivity index is 1.93. The van der Waals surface area contributed by atoms with Gasteiger partial charge in [-0.15, -0.1) is 0 Å². The highest BCUT2D eigenvalue weighted by Crippen LogP contribution is 2.13. The minimum Gasteiger partial charge on any atom is -0.342 e. The molecule has 5 heteroatoms. The van der Waals surface area contributed by atoms with E-state index in [-0.39, 0.29) is 11.7 Å². The SMILES string of the molecule is CN(CC(=O)N1CCCC1)Cc1cc(CN)ccc1F. The number of carbonyl (C=O) groups excluding carboxylic acids is 1. The predicted molar refractivity (Wildman–Crippen MR) is 76.4 cm³/mol. The van der Waals surface area contributed by atoms with Crippen LogP contribution in [0.15, 0.2) is 18.2 Å². The summed E-state index contributed by atoms with van der Waals surface area (Å²) in [6, 6.07) is 4.90. The molecule has 0 unspecified atom stereocenters. The highest BCUT2D eigenvalue weighted by atomic mass is 19.1. The molecule has 1 aliphatic heterocycles. The quantitative estimate of drug-likeness (QED) is 0.885. The molecule has 0 radical (unpaired) electrons. The van der Waals surface area contributed by atoms with E-state index in [4.69, 9.17) is 5.73 Å². The van der Waals surface area contributed by atoms with E-state index in [1.54, 1.807) is 12.1 Å². The zero-order valence-corrected chi connectivity index (χ0v) is 11.9. The highest BCUT2D eigenvalue weighted by Gasteiger charge is 2.19. The third-order valence-electron chi connectivity index (χ3n) is 3.65. The van der Waals surface area contributed by atoms with Gasteiger partial charge in [0.2, 0.25) is 5.91 Å². The van der Waals surface area contributed by atoms with Crippen LogP contribution < -0.4 is 5.73 Å². The molecule has 0 spiro atoms. The van der Waals surface area contributed by atoms with E-state index in [2.05, 4.69) is 0 Å². The molecule has 0 aromatic heterocycles. The summed E-state index contributed by atoms with van der Waals surface area (Å²) in [5, 5.41) is 0. The normalized spacial score (nSPS) is 15.1. The Bertz CT molecular complexity index is 472.